The van der Waals surface area contributed by atoms with Gasteiger partial charge in [0.1, 0.15) is 0 Å². The van der Waals surface area contributed by atoms with Crippen LogP contribution >= 0.6 is 0 Å². The second kappa shape index (κ2) is 6.12. The number of pyridine rings is 1. The predicted octanol–water partition coefficient (Wildman–Crippen LogP) is 2.21. The Morgan fingerprint density at radius 2 is 2.00 bits per heavy atom. The maximum absolute atomic E-state index is 4.21. The molecule has 0 unspecified atom stereocenters. The molecule has 1 N–H and O–H groups in total. The monoisotopic (exact) mass is 235 g/mol. The summed E-state index contributed by atoms with van der Waals surface area (Å²) in [6.45, 7) is 11.7. The van der Waals surface area contributed by atoms with Gasteiger partial charge in [0.15, 0.2) is 0 Å². The molecule has 0 saturated carbocycles. The number of aryl methyl sites for hydroxylation is 1. The van der Waals surface area contributed by atoms with Crippen LogP contribution in [0.5, 0.6) is 0 Å². The molecule has 96 valence electrons. The van der Waals surface area contributed by atoms with E-state index in [2.05, 4.69) is 56.0 Å². The van der Waals surface area contributed by atoms with Crippen molar-refractivity contribution in [2.24, 2.45) is 0 Å². The summed E-state index contributed by atoms with van der Waals surface area (Å²) < 4.78 is 0. The largest absolute Gasteiger partial charge is 0.311 e. The van der Waals surface area contributed by atoms with Gasteiger partial charge in [-0.15, -0.1) is 0 Å². The van der Waals surface area contributed by atoms with Gasteiger partial charge in [-0.3, -0.25) is 4.98 Å². The number of hydrogen-bond acceptors (Lipinski definition) is 3. The number of rotatable bonds is 5. The fourth-order valence-corrected chi connectivity index (χ4v) is 1.72. The van der Waals surface area contributed by atoms with Crippen molar-refractivity contribution in [2.75, 3.05) is 20.1 Å². The number of nitrogens with zero attached hydrogens (tertiary/aromatic N) is 2. The molecule has 0 amide bonds. The second-order valence-electron chi connectivity index (χ2n) is 5.79. The van der Waals surface area contributed by atoms with Gasteiger partial charge < -0.3 is 10.2 Å². The van der Waals surface area contributed by atoms with Crippen molar-refractivity contribution in [2.45, 2.75) is 39.8 Å². The summed E-state index contributed by atoms with van der Waals surface area (Å²) in [7, 11) is 2.15. The average Bonchev–Trinajstić information content (AvgIpc) is 2.15. The molecule has 17 heavy (non-hydrogen) atoms. The van der Waals surface area contributed by atoms with E-state index in [1.54, 1.807) is 0 Å². The van der Waals surface area contributed by atoms with E-state index in [1.807, 2.05) is 12.4 Å². The van der Waals surface area contributed by atoms with E-state index >= 15 is 0 Å². The first-order valence-electron chi connectivity index (χ1n) is 6.21. The Morgan fingerprint density at radius 1 is 1.29 bits per heavy atom. The highest BCUT2D eigenvalue weighted by atomic mass is 15.1. The van der Waals surface area contributed by atoms with Gasteiger partial charge in [0.25, 0.3) is 0 Å². The molecule has 0 saturated heterocycles. The molecule has 0 aromatic carbocycles. The Morgan fingerprint density at radius 3 is 2.59 bits per heavy atom. The van der Waals surface area contributed by atoms with Gasteiger partial charge in [-0.1, -0.05) is 6.07 Å². The first-order valence-corrected chi connectivity index (χ1v) is 6.21. The van der Waals surface area contributed by atoms with Gasteiger partial charge in [-0.25, -0.2) is 0 Å². The molecule has 0 radical (unpaired) electrons. The molecular formula is C14H25N3. The van der Waals surface area contributed by atoms with Crippen LogP contribution in [0.4, 0.5) is 0 Å². The molecule has 0 aliphatic carbocycles. The molecule has 3 heteroatoms. The van der Waals surface area contributed by atoms with E-state index in [0.29, 0.717) is 0 Å². The first kappa shape index (κ1) is 14.1. The van der Waals surface area contributed by atoms with E-state index in [9.17, 15) is 0 Å². The molecule has 0 atom stereocenters. The van der Waals surface area contributed by atoms with Crippen LogP contribution in [0.1, 0.15) is 31.9 Å². The molecule has 1 aromatic rings. The Hall–Kier alpha value is -0.930. The minimum absolute atomic E-state index is 0.200. The van der Waals surface area contributed by atoms with E-state index in [-0.39, 0.29) is 5.54 Å². The zero-order valence-electron chi connectivity index (χ0n) is 11.7. The number of likely N-dealkylation sites (N-methyl/N-ethyl adjacent to an activating group) is 1. The van der Waals surface area contributed by atoms with Crippen molar-refractivity contribution in [1.82, 2.24) is 15.2 Å². The first-order chi connectivity index (χ1) is 7.87. The van der Waals surface area contributed by atoms with Gasteiger partial charge in [-0.05, 0) is 45.9 Å². The van der Waals surface area contributed by atoms with Gasteiger partial charge in [0, 0.05) is 37.6 Å². The fraction of sp³-hybridized carbons (Fsp3) is 0.643. The van der Waals surface area contributed by atoms with E-state index in [1.165, 1.54) is 11.1 Å². The Labute approximate surface area is 105 Å². The molecule has 1 rings (SSSR count). The Kier molecular flexibility index (Phi) is 5.09. The zero-order valence-corrected chi connectivity index (χ0v) is 11.7. The smallest absolute Gasteiger partial charge is 0.0313 e. The number of nitrogens with one attached hydrogen (secondary N) is 1. The summed E-state index contributed by atoms with van der Waals surface area (Å²) >= 11 is 0. The summed E-state index contributed by atoms with van der Waals surface area (Å²) in [5.74, 6) is 0. The summed E-state index contributed by atoms with van der Waals surface area (Å²) in [6.07, 6.45) is 3.84. The second-order valence-corrected chi connectivity index (χ2v) is 5.79. The average molecular weight is 235 g/mol. The van der Waals surface area contributed by atoms with Crippen molar-refractivity contribution in [3.05, 3.63) is 29.6 Å². The summed E-state index contributed by atoms with van der Waals surface area (Å²) in [5.41, 5.74) is 2.71. The van der Waals surface area contributed by atoms with Crippen LogP contribution in [0.15, 0.2) is 18.5 Å². The van der Waals surface area contributed by atoms with Crippen LogP contribution in [0, 0.1) is 6.92 Å². The highest BCUT2D eigenvalue weighted by molar-refractivity contribution is 5.16. The standard InChI is InChI=1S/C14H25N3/c1-12-8-13(10-15-9-12)11-17(5)7-6-16-14(2,3)4/h8-10,16H,6-7,11H2,1-5H3. The molecule has 0 spiro atoms. The van der Waals surface area contributed by atoms with Crippen molar-refractivity contribution in [3.63, 3.8) is 0 Å². The molecular weight excluding hydrogens is 210 g/mol. The van der Waals surface area contributed by atoms with Crippen molar-refractivity contribution in [1.29, 1.82) is 0 Å². The topological polar surface area (TPSA) is 28.2 Å². The zero-order chi connectivity index (χ0) is 12.9. The fourth-order valence-electron chi connectivity index (χ4n) is 1.72. The Balaban J connectivity index is 2.32. The number of hydrogen-bond donors (Lipinski definition) is 1. The molecule has 0 aliphatic rings. The van der Waals surface area contributed by atoms with E-state index in [4.69, 9.17) is 0 Å². The summed E-state index contributed by atoms with van der Waals surface area (Å²) in [5, 5.41) is 3.49. The minimum atomic E-state index is 0.200. The SMILES string of the molecule is Cc1cncc(CN(C)CCNC(C)(C)C)c1. The lowest BCUT2D eigenvalue weighted by atomic mass is 10.1. The van der Waals surface area contributed by atoms with Crippen LogP contribution in [0.2, 0.25) is 0 Å². The van der Waals surface area contributed by atoms with Gasteiger partial charge in [0.05, 0.1) is 0 Å². The Bertz CT molecular complexity index is 342. The molecule has 1 heterocycles. The van der Waals surface area contributed by atoms with Crippen LogP contribution in [-0.2, 0) is 6.54 Å². The lowest BCUT2D eigenvalue weighted by Crippen LogP contribution is -2.40. The molecule has 3 nitrogen and oxygen atoms in total. The normalized spacial score (nSPS) is 12.1. The lowest BCUT2D eigenvalue weighted by Gasteiger charge is -2.23. The minimum Gasteiger partial charge on any atom is -0.311 e. The van der Waals surface area contributed by atoms with Crippen LogP contribution in [0.3, 0.4) is 0 Å². The predicted molar refractivity (Wildman–Crippen MR) is 73.1 cm³/mol. The maximum Gasteiger partial charge on any atom is 0.0313 e. The summed E-state index contributed by atoms with van der Waals surface area (Å²) in [4.78, 5) is 6.53. The van der Waals surface area contributed by atoms with Gasteiger partial charge in [0.2, 0.25) is 0 Å². The highest BCUT2D eigenvalue weighted by Crippen LogP contribution is 2.04. The van der Waals surface area contributed by atoms with Gasteiger partial charge in [-0.2, -0.15) is 0 Å². The third kappa shape index (κ3) is 6.39. The highest BCUT2D eigenvalue weighted by Gasteiger charge is 2.08. The van der Waals surface area contributed by atoms with Crippen molar-refractivity contribution >= 4 is 0 Å². The van der Waals surface area contributed by atoms with E-state index < -0.39 is 0 Å². The molecule has 0 fully saturated rings. The van der Waals surface area contributed by atoms with Gasteiger partial charge >= 0.3 is 0 Å². The van der Waals surface area contributed by atoms with Crippen LogP contribution in [-0.4, -0.2) is 35.6 Å². The molecule has 1 aromatic heterocycles. The van der Waals surface area contributed by atoms with Crippen LogP contribution < -0.4 is 5.32 Å². The lowest BCUT2D eigenvalue weighted by molar-refractivity contribution is 0.303. The molecule has 0 bridgehead atoms. The quantitative estimate of drug-likeness (QED) is 0.848. The van der Waals surface area contributed by atoms with Crippen LogP contribution in [0.25, 0.3) is 0 Å². The third-order valence-electron chi connectivity index (χ3n) is 2.53. The summed E-state index contributed by atoms with van der Waals surface area (Å²) in [6, 6.07) is 2.20. The third-order valence-corrected chi connectivity index (χ3v) is 2.53. The molecule has 0 aliphatic heterocycles. The maximum atomic E-state index is 4.21. The van der Waals surface area contributed by atoms with Crippen molar-refractivity contribution in [3.8, 4) is 0 Å². The van der Waals surface area contributed by atoms with E-state index in [0.717, 1.165) is 19.6 Å². The number of aromatic nitrogens is 1. The van der Waals surface area contributed by atoms with Crippen molar-refractivity contribution < 1.29 is 0 Å².